The van der Waals surface area contributed by atoms with Crippen molar-refractivity contribution in [2.45, 2.75) is 38.8 Å². The first-order valence-electron chi connectivity index (χ1n) is 4.47. The normalized spacial score (nSPS) is 15.5. The molecule has 2 N–H and O–H groups in total. The molecule has 1 unspecified atom stereocenters. The molecule has 0 aliphatic heterocycles. The van der Waals surface area contributed by atoms with Gasteiger partial charge >= 0.3 is 0 Å². The number of aliphatic hydroxyl groups excluding tert-OH is 1. The molecule has 0 radical (unpaired) electrons. The molecule has 4 nitrogen and oxygen atoms in total. The predicted octanol–water partition coefficient (Wildman–Crippen LogP) is 0.694. The predicted molar refractivity (Wildman–Crippen MR) is 58.0 cm³/mol. The summed E-state index contributed by atoms with van der Waals surface area (Å²) in [6.07, 6.45) is -0.333. The second kappa shape index (κ2) is 5.30. The van der Waals surface area contributed by atoms with Crippen LogP contribution >= 0.6 is 11.6 Å². The van der Waals surface area contributed by atoms with Crippen LogP contribution in [0.1, 0.15) is 27.2 Å². The Morgan fingerprint density at radius 3 is 2.36 bits per heavy atom. The van der Waals surface area contributed by atoms with Gasteiger partial charge in [0.25, 0.3) is 0 Å². The lowest BCUT2D eigenvalue weighted by molar-refractivity contribution is 0.111. The van der Waals surface area contributed by atoms with Crippen molar-refractivity contribution in [2.24, 2.45) is 0 Å². The second-order valence-electron chi connectivity index (χ2n) is 3.86. The molecule has 0 fully saturated rings. The molecule has 0 heterocycles. The molecule has 0 saturated carbocycles. The minimum absolute atomic E-state index is 0.00729. The molecule has 0 aromatic heterocycles. The fraction of sp³-hybridized carbons (Fsp3) is 1.00. The van der Waals surface area contributed by atoms with E-state index in [1.807, 2.05) is 0 Å². The van der Waals surface area contributed by atoms with Gasteiger partial charge in [-0.2, -0.15) is 0 Å². The van der Waals surface area contributed by atoms with Crippen LogP contribution in [-0.2, 0) is 10.0 Å². The van der Waals surface area contributed by atoms with Crippen molar-refractivity contribution in [3.63, 3.8) is 0 Å². The van der Waals surface area contributed by atoms with E-state index in [4.69, 9.17) is 11.6 Å². The van der Waals surface area contributed by atoms with Crippen LogP contribution in [0.5, 0.6) is 0 Å². The summed E-state index contributed by atoms with van der Waals surface area (Å²) in [6, 6.07) is 0. The second-order valence-corrected chi connectivity index (χ2v) is 6.08. The number of aliphatic hydroxyl groups is 1. The Kier molecular flexibility index (Phi) is 5.36. The number of hydrogen-bond donors (Lipinski definition) is 2. The van der Waals surface area contributed by atoms with E-state index in [-0.39, 0.29) is 5.75 Å². The van der Waals surface area contributed by atoms with Crippen molar-refractivity contribution >= 4 is 21.6 Å². The fourth-order valence-corrected chi connectivity index (χ4v) is 2.67. The van der Waals surface area contributed by atoms with Gasteiger partial charge in [0, 0.05) is 5.88 Å². The van der Waals surface area contributed by atoms with E-state index in [0.29, 0.717) is 12.3 Å². The minimum atomic E-state index is -3.34. The zero-order valence-corrected chi connectivity index (χ0v) is 10.3. The molecule has 0 bridgehead atoms. The van der Waals surface area contributed by atoms with Crippen LogP contribution in [0, 0.1) is 0 Å². The molecule has 0 amide bonds. The molecule has 0 spiro atoms. The first kappa shape index (κ1) is 14.2. The Bertz CT molecular complexity index is 262. The van der Waals surface area contributed by atoms with Crippen molar-refractivity contribution in [1.82, 2.24) is 4.72 Å². The van der Waals surface area contributed by atoms with Crippen molar-refractivity contribution in [1.29, 1.82) is 0 Å². The van der Waals surface area contributed by atoms with Gasteiger partial charge in [0.15, 0.2) is 0 Å². The fourth-order valence-electron chi connectivity index (χ4n) is 0.782. The van der Waals surface area contributed by atoms with Crippen LogP contribution in [0.15, 0.2) is 0 Å². The number of sulfonamides is 1. The van der Waals surface area contributed by atoms with E-state index in [2.05, 4.69) is 4.72 Å². The number of alkyl halides is 1. The van der Waals surface area contributed by atoms with Crippen molar-refractivity contribution < 1.29 is 13.5 Å². The molecule has 0 aliphatic rings. The van der Waals surface area contributed by atoms with Crippen molar-refractivity contribution in [3.05, 3.63) is 0 Å². The molecular weight excluding hydrogens is 226 g/mol. The standard InChI is InChI=1S/C8H18ClNO3S/c1-7(11)8(2,3)10-14(12,13)6-4-5-9/h7,10-11H,4-6H2,1-3H3. The Morgan fingerprint density at radius 2 is 2.00 bits per heavy atom. The topological polar surface area (TPSA) is 66.4 Å². The molecule has 6 heteroatoms. The molecule has 1 atom stereocenters. The summed E-state index contributed by atoms with van der Waals surface area (Å²) >= 11 is 5.40. The third-order valence-corrected chi connectivity index (χ3v) is 3.94. The third-order valence-electron chi connectivity index (χ3n) is 2.01. The number of hydrogen-bond acceptors (Lipinski definition) is 3. The first-order valence-corrected chi connectivity index (χ1v) is 6.65. The maximum absolute atomic E-state index is 11.4. The van der Waals surface area contributed by atoms with Gasteiger partial charge in [-0.25, -0.2) is 13.1 Å². The number of rotatable bonds is 6. The molecule has 0 aromatic carbocycles. The molecular formula is C8H18ClNO3S. The summed E-state index contributed by atoms with van der Waals surface area (Å²) in [5.74, 6) is 0.308. The van der Waals surface area contributed by atoms with Crippen LogP contribution in [0.3, 0.4) is 0 Å². The maximum Gasteiger partial charge on any atom is 0.212 e. The molecule has 14 heavy (non-hydrogen) atoms. The third kappa shape index (κ3) is 5.14. The number of halogens is 1. The van der Waals surface area contributed by atoms with Gasteiger partial charge < -0.3 is 5.11 Å². The lowest BCUT2D eigenvalue weighted by Crippen LogP contribution is -2.51. The zero-order valence-electron chi connectivity index (χ0n) is 8.75. The molecule has 86 valence electrons. The van der Waals surface area contributed by atoms with Gasteiger partial charge in [-0.15, -0.1) is 11.6 Å². The highest BCUT2D eigenvalue weighted by Gasteiger charge is 2.28. The molecule has 0 aromatic rings. The summed E-state index contributed by atoms with van der Waals surface area (Å²) in [5, 5.41) is 9.32. The molecule has 0 saturated heterocycles. The summed E-state index contributed by atoms with van der Waals surface area (Å²) in [6.45, 7) is 4.82. The number of nitrogens with one attached hydrogen (secondary N) is 1. The Morgan fingerprint density at radius 1 is 1.50 bits per heavy atom. The summed E-state index contributed by atoms with van der Waals surface area (Å²) < 4.78 is 25.3. The average Bonchev–Trinajstić information content (AvgIpc) is 1.99. The Labute approximate surface area is 90.7 Å². The van der Waals surface area contributed by atoms with Gasteiger partial charge in [-0.3, -0.25) is 0 Å². The van der Waals surface area contributed by atoms with Crippen LogP contribution < -0.4 is 4.72 Å². The van der Waals surface area contributed by atoms with Gasteiger partial charge in [0.2, 0.25) is 10.0 Å². The smallest absolute Gasteiger partial charge is 0.212 e. The highest BCUT2D eigenvalue weighted by molar-refractivity contribution is 7.89. The van der Waals surface area contributed by atoms with Gasteiger partial charge in [-0.05, 0) is 27.2 Å². The minimum Gasteiger partial charge on any atom is -0.391 e. The molecule has 0 aliphatic carbocycles. The van der Waals surface area contributed by atoms with E-state index in [1.165, 1.54) is 0 Å². The monoisotopic (exact) mass is 243 g/mol. The van der Waals surface area contributed by atoms with Crippen LogP contribution in [0.25, 0.3) is 0 Å². The van der Waals surface area contributed by atoms with Crippen LogP contribution in [0.2, 0.25) is 0 Å². The summed E-state index contributed by atoms with van der Waals surface area (Å²) in [5.41, 5.74) is -0.842. The van der Waals surface area contributed by atoms with Crippen molar-refractivity contribution in [3.8, 4) is 0 Å². The van der Waals surface area contributed by atoms with E-state index in [9.17, 15) is 13.5 Å². The first-order chi connectivity index (χ1) is 6.21. The van der Waals surface area contributed by atoms with Crippen LogP contribution in [0.4, 0.5) is 0 Å². The summed E-state index contributed by atoms with van der Waals surface area (Å²) in [7, 11) is -3.34. The highest BCUT2D eigenvalue weighted by atomic mass is 35.5. The largest absolute Gasteiger partial charge is 0.391 e. The Balaban J connectivity index is 4.36. The van der Waals surface area contributed by atoms with E-state index < -0.39 is 21.7 Å². The molecule has 0 rings (SSSR count). The maximum atomic E-state index is 11.4. The summed E-state index contributed by atoms with van der Waals surface area (Å²) in [4.78, 5) is 0. The van der Waals surface area contributed by atoms with Gasteiger partial charge in [-0.1, -0.05) is 0 Å². The Hall–Kier alpha value is 0.160. The van der Waals surface area contributed by atoms with Crippen LogP contribution in [-0.4, -0.2) is 36.8 Å². The van der Waals surface area contributed by atoms with Crippen molar-refractivity contribution in [2.75, 3.05) is 11.6 Å². The van der Waals surface area contributed by atoms with E-state index >= 15 is 0 Å². The lowest BCUT2D eigenvalue weighted by atomic mass is 10.0. The lowest BCUT2D eigenvalue weighted by Gasteiger charge is -2.28. The van der Waals surface area contributed by atoms with E-state index in [0.717, 1.165) is 0 Å². The quantitative estimate of drug-likeness (QED) is 0.675. The van der Waals surface area contributed by atoms with Gasteiger partial charge in [0.1, 0.15) is 0 Å². The SMILES string of the molecule is CC(O)C(C)(C)NS(=O)(=O)CCCCl. The zero-order chi connectivity index (χ0) is 11.4. The van der Waals surface area contributed by atoms with E-state index in [1.54, 1.807) is 20.8 Å². The van der Waals surface area contributed by atoms with Gasteiger partial charge in [0.05, 0.1) is 17.4 Å². The average molecular weight is 244 g/mol. The highest BCUT2D eigenvalue weighted by Crippen LogP contribution is 2.10.